The second-order valence-electron chi connectivity index (χ2n) is 4.38. The molecule has 3 heteroatoms. The number of hydrogen-bond donors (Lipinski definition) is 1. The lowest BCUT2D eigenvalue weighted by Gasteiger charge is -2.19. The van der Waals surface area contributed by atoms with Gasteiger partial charge in [0.2, 0.25) is 0 Å². The van der Waals surface area contributed by atoms with Gasteiger partial charge in [-0.05, 0) is 49.7 Å². The Hall–Kier alpha value is -1.74. The summed E-state index contributed by atoms with van der Waals surface area (Å²) >= 11 is 0. The molecule has 1 N–H and O–H groups in total. The van der Waals surface area contributed by atoms with Crippen molar-refractivity contribution < 1.29 is 4.39 Å². The van der Waals surface area contributed by atoms with Gasteiger partial charge in [0, 0.05) is 6.20 Å². The fourth-order valence-corrected chi connectivity index (χ4v) is 2.14. The lowest BCUT2D eigenvalue weighted by Crippen LogP contribution is -2.21. The Bertz CT molecular complexity index is 552. The Labute approximate surface area is 107 Å². The normalized spacial score (nSPS) is 12.4. The SMILES string of the molecule is CNC(c1cccc(C)c1C)c1ncccc1F. The van der Waals surface area contributed by atoms with E-state index >= 15 is 0 Å². The van der Waals surface area contributed by atoms with Gasteiger partial charge in [0.25, 0.3) is 0 Å². The van der Waals surface area contributed by atoms with Crippen LogP contribution in [0.15, 0.2) is 36.5 Å². The van der Waals surface area contributed by atoms with Gasteiger partial charge in [0.05, 0.1) is 11.7 Å². The predicted octanol–water partition coefficient (Wildman–Crippen LogP) is 3.15. The first-order valence-corrected chi connectivity index (χ1v) is 5.99. The lowest BCUT2D eigenvalue weighted by atomic mass is 9.95. The van der Waals surface area contributed by atoms with Gasteiger partial charge in [0.15, 0.2) is 0 Å². The molecule has 0 fully saturated rings. The summed E-state index contributed by atoms with van der Waals surface area (Å²) in [7, 11) is 1.82. The lowest BCUT2D eigenvalue weighted by molar-refractivity contribution is 0.558. The Morgan fingerprint density at radius 2 is 1.94 bits per heavy atom. The van der Waals surface area contributed by atoms with Crippen LogP contribution in [0.25, 0.3) is 0 Å². The van der Waals surface area contributed by atoms with E-state index in [1.807, 2.05) is 19.2 Å². The van der Waals surface area contributed by atoms with E-state index in [1.165, 1.54) is 17.2 Å². The smallest absolute Gasteiger partial charge is 0.146 e. The molecular weight excluding hydrogens is 227 g/mol. The van der Waals surface area contributed by atoms with Crippen LogP contribution in [0.3, 0.4) is 0 Å². The molecule has 1 unspecified atom stereocenters. The number of nitrogens with zero attached hydrogens (tertiary/aromatic N) is 1. The van der Waals surface area contributed by atoms with Gasteiger partial charge >= 0.3 is 0 Å². The van der Waals surface area contributed by atoms with E-state index in [1.54, 1.807) is 12.3 Å². The fourth-order valence-electron chi connectivity index (χ4n) is 2.14. The van der Waals surface area contributed by atoms with Gasteiger partial charge in [-0.25, -0.2) is 4.39 Å². The molecule has 0 aliphatic rings. The van der Waals surface area contributed by atoms with E-state index in [9.17, 15) is 4.39 Å². The minimum Gasteiger partial charge on any atom is -0.308 e. The highest BCUT2D eigenvalue weighted by Crippen LogP contribution is 2.26. The molecule has 2 nitrogen and oxygen atoms in total. The summed E-state index contributed by atoms with van der Waals surface area (Å²) in [6, 6.07) is 8.89. The molecule has 0 aliphatic carbocycles. The molecule has 1 atom stereocenters. The molecule has 1 aromatic carbocycles. The quantitative estimate of drug-likeness (QED) is 0.897. The van der Waals surface area contributed by atoms with Gasteiger partial charge in [-0.3, -0.25) is 4.98 Å². The summed E-state index contributed by atoms with van der Waals surface area (Å²) < 4.78 is 13.8. The largest absolute Gasteiger partial charge is 0.308 e. The van der Waals surface area contributed by atoms with Crippen LogP contribution in [-0.2, 0) is 0 Å². The van der Waals surface area contributed by atoms with Crippen LogP contribution in [0.2, 0.25) is 0 Å². The van der Waals surface area contributed by atoms with Crippen molar-refractivity contribution in [3.05, 3.63) is 64.7 Å². The molecule has 0 saturated heterocycles. The molecule has 0 spiro atoms. The van der Waals surface area contributed by atoms with Crippen molar-refractivity contribution >= 4 is 0 Å². The second kappa shape index (κ2) is 5.27. The van der Waals surface area contributed by atoms with Gasteiger partial charge in [-0.15, -0.1) is 0 Å². The van der Waals surface area contributed by atoms with E-state index in [-0.39, 0.29) is 11.9 Å². The minimum atomic E-state index is -0.280. The number of benzene rings is 1. The summed E-state index contributed by atoms with van der Waals surface area (Å²) in [6.45, 7) is 4.11. The topological polar surface area (TPSA) is 24.9 Å². The summed E-state index contributed by atoms with van der Waals surface area (Å²) in [5.41, 5.74) is 3.87. The molecule has 18 heavy (non-hydrogen) atoms. The number of halogens is 1. The minimum absolute atomic E-state index is 0.217. The highest BCUT2D eigenvalue weighted by molar-refractivity contribution is 5.39. The molecule has 0 saturated carbocycles. The number of nitrogens with one attached hydrogen (secondary N) is 1. The van der Waals surface area contributed by atoms with E-state index in [4.69, 9.17) is 0 Å². The number of aromatic nitrogens is 1. The molecule has 2 rings (SSSR count). The summed E-state index contributed by atoms with van der Waals surface area (Å²) in [4.78, 5) is 4.16. The monoisotopic (exact) mass is 244 g/mol. The first-order chi connectivity index (χ1) is 8.65. The Kier molecular flexibility index (Phi) is 3.72. The van der Waals surface area contributed by atoms with E-state index in [0.29, 0.717) is 5.69 Å². The van der Waals surface area contributed by atoms with Crippen molar-refractivity contribution in [3.8, 4) is 0 Å². The van der Waals surface area contributed by atoms with E-state index in [2.05, 4.69) is 30.2 Å². The number of aryl methyl sites for hydroxylation is 1. The first-order valence-electron chi connectivity index (χ1n) is 5.99. The van der Waals surface area contributed by atoms with Crippen molar-refractivity contribution in [3.63, 3.8) is 0 Å². The summed E-state index contributed by atoms with van der Waals surface area (Å²) in [5.74, 6) is -0.280. The third-order valence-corrected chi connectivity index (χ3v) is 3.31. The van der Waals surface area contributed by atoms with Crippen LogP contribution in [-0.4, -0.2) is 12.0 Å². The molecule has 0 bridgehead atoms. The number of hydrogen-bond acceptors (Lipinski definition) is 2. The fraction of sp³-hybridized carbons (Fsp3) is 0.267. The highest BCUT2D eigenvalue weighted by atomic mass is 19.1. The zero-order valence-corrected chi connectivity index (χ0v) is 10.9. The van der Waals surface area contributed by atoms with Crippen LogP contribution < -0.4 is 5.32 Å². The van der Waals surface area contributed by atoms with Crippen LogP contribution in [0.1, 0.15) is 28.4 Å². The van der Waals surface area contributed by atoms with Crippen molar-refractivity contribution in [2.45, 2.75) is 19.9 Å². The van der Waals surface area contributed by atoms with E-state index < -0.39 is 0 Å². The molecule has 0 aliphatic heterocycles. The van der Waals surface area contributed by atoms with Crippen LogP contribution in [0.5, 0.6) is 0 Å². The summed E-state index contributed by atoms with van der Waals surface area (Å²) in [6.07, 6.45) is 1.62. The highest BCUT2D eigenvalue weighted by Gasteiger charge is 2.19. The Morgan fingerprint density at radius 1 is 1.17 bits per heavy atom. The number of pyridine rings is 1. The zero-order valence-electron chi connectivity index (χ0n) is 10.9. The third kappa shape index (κ3) is 2.27. The van der Waals surface area contributed by atoms with Crippen molar-refractivity contribution in [2.75, 3.05) is 7.05 Å². The van der Waals surface area contributed by atoms with Crippen molar-refractivity contribution in [2.24, 2.45) is 0 Å². The predicted molar refractivity (Wildman–Crippen MR) is 71.0 cm³/mol. The number of rotatable bonds is 3. The van der Waals surface area contributed by atoms with Gasteiger partial charge in [0.1, 0.15) is 5.82 Å². The van der Waals surface area contributed by atoms with Gasteiger partial charge in [-0.2, -0.15) is 0 Å². The van der Waals surface area contributed by atoms with Crippen molar-refractivity contribution in [1.82, 2.24) is 10.3 Å². The third-order valence-electron chi connectivity index (χ3n) is 3.31. The molecule has 1 heterocycles. The van der Waals surface area contributed by atoms with Gasteiger partial charge < -0.3 is 5.32 Å². The average molecular weight is 244 g/mol. The first kappa shape index (κ1) is 12.7. The Morgan fingerprint density at radius 3 is 2.61 bits per heavy atom. The summed E-state index contributed by atoms with van der Waals surface area (Å²) in [5, 5.41) is 3.14. The van der Waals surface area contributed by atoms with Gasteiger partial charge in [-0.1, -0.05) is 18.2 Å². The molecule has 1 aromatic heterocycles. The Balaban J connectivity index is 2.53. The van der Waals surface area contributed by atoms with Crippen LogP contribution >= 0.6 is 0 Å². The van der Waals surface area contributed by atoms with Crippen molar-refractivity contribution in [1.29, 1.82) is 0 Å². The maximum Gasteiger partial charge on any atom is 0.146 e. The second-order valence-corrected chi connectivity index (χ2v) is 4.38. The van der Waals surface area contributed by atoms with E-state index in [0.717, 1.165) is 5.56 Å². The molecule has 2 aromatic rings. The average Bonchev–Trinajstić information content (AvgIpc) is 2.37. The maximum absolute atomic E-state index is 13.8. The molecule has 0 radical (unpaired) electrons. The van der Waals surface area contributed by atoms with Crippen LogP contribution in [0.4, 0.5) is 4.39 Å². The van der Waals surface area contributed by atoms with Crippen LogP contribution in [0, 0.1) is 19.7 Å². The standard InChI is InChI=1S/C15H17FN2/c1-10-6-4-7-12(11(10)2)14(17-3)15-13(16)8-5-9-18-15/h4-9,14,17H,1-3H3. The molecule has 94 valence electrons. The zero-order chi connectivity index (χ0) is 13.1. The molecule has 0 amide bonds. The molecular formula is C15H17FN2. The maximum atomic E-state index is 13.8.